The molecule has 4 nitrogen and oxygen atoms in total. The van der Waals surface area contributed by atoms with E-state index in [1.54, 1.807) is 6.92 Å². The minimum absolute atomic E-state index is 0.0162. The lowest BCUT2D eigenvalue weighted by atomic mass is 9.93. The summed E-state index contributed by atoms with van der Waals surface area (Å²) in [7, 11) is 0. The molecule has 1 aromatic rings. The van der Waals surface area contributed by atoms with Gasteiger partial charge in [0.25, 0.3) is 0 Å². The van der Waals surface area contributed by atoms with Crippen molar-refractivity contribution < 1.29 is 19.1 Å². The molecule has 0 radical (unpaired) electrons. The summed E-state index contributed by atoms with van der Waals surface area (Å²) < 4.78 is 13.6. The van der Waals surface area contributed by atoms with Gasteiger partial charge >= 0.3 is 5.97 Å². The summed E-state index contributed by atoms with van der Waals surface area (Å²) in [5, 5.41) is 9.25. The number of hydrogen-bond donors (Lipinski definition) is 1. The Morgan fingerprint density at radius 2 is 2.26 bits per heavy atom. The molecule has 102 valence electrons. The highest BCUT2D eigenvalue weighted by atomic mass is 79.9. The van der Waals surface area contributed by atoms with Crippen molar-refractivity contribution in [2.75, 3.05) is 6.54 Å². The number of nitrogens with zero attached hydrogens (tertiary/aromatic N) is 1. The van der Waals surface area contributed by atoms with E-state index in [9.17, 15) is 19.1 Å². The molecule has 0 bridgehead atoms. The van der Waals surface area contributed by atoms with Crippen molar-refractivity contribution in [3.63, 3.8) is 0 Å². The number of likely N-dealkylation sites (tertiary alicyclic amines) is 1. The van der Waals surface area contributed by atoms with E-state index >= 15 is 0 Å². The SMILES string of the molecule is CCN1C(=O)CC(C(=O)O)C1c1ccc(F)cc1Br. The fraction of sp³-hybridized carbons (Fsp3) is 0.385. The molecule has 0 aliphatic carbocycles. The summed E-state index contributed by atoms with van der Waals surface area (Å²) in [6.07, 6.45) is -0.0162. The second-order valence-electron chi connectivity index (χ2n) is 4.44. The predicted molar refractivity (Wildman–Crippen MR) is 70.0 cm³/mol. The molecule has 1 heterocycles. The van der Waals surface area contributed by atoms with Crippen LogP contribution in [0.2, 0.25) is 0 Å². The molecule has 0 aromatic heterocycles. The van der Waals surface area contributed by atoms with E-state index in [1.807, 2.05) is 0 Å². The van der Waals surface area contributed by atoms with E-state index in [1.165, 1.54) is 23.1 Å². The zero-order valence-electron chi connectivity index (χ0n) is 10.3. The molecule has 1 aliphatic heterocycles. The Balaban J connectivity index is 2.48. The minimum Gasteiger partial charge on any atom is -0.481 e. The fourth-order valence-electron chi connectivity index (χ4n) is 2.51. The third kappa shape index (κ3) is 2.49. The number of carbonyl (C=O) groups is 2. The Kier molecular flexibility index (Phi) is 3.89. The van der Waals surface area contributed by atoms with Crippen molar-refractivity contribution in [1.82, 2.24) is 4.90 Å². The summed E-state index contributed by atoms with van der Waals surface area (Å²) in [5.74, 6) is -2.40. The van der Waals surface area contributed by atoms with E-state index in [2.05, 4.69) is 15.9 Å². The first-order valence-corrected chi connectivity index (χ1v) is 6.72. The Bertz CT molecular complexity index is 535. The summed E-state index contributed by atoms with van der Waals surface area (Å²) >= 11 is 3.24. The Morgan fingerprint density at radius 1 is 1.58 bits per heavy atom. The smallest absolute Gasteiger partial charge is 0.309 e. The second-order valence-corrected chi connectivity index (χ2v) is 5.29. The lowest BCUT2D eigenvalue weighted by Gasteiger charge is -2.27. The molecule has 0 spiro atoms. The number of rotatable bonds is 3. The highest BCUT2D eigenvalue weighted by Gasteiger charge is 2.44. The molecule has 6 heteroatoms. The molecule has 1 N–H and O–H groups in total. The van der Waals surface area contributed by atoms with Gasteiger partial charge in [0.05, 0.1) is 12.0 Å². The third-order valence-electron chi connectivity index (χ3n) is 3.37. The Hall–Kier alpha value is -1.43. The van der Waals surface area contributed by atoms with Crippen molar-refractivity contribution in [3.8, 4) is 0 Å². The normalized spacial score (nSPS) is 22.9. The molecule has 1 aliphatic rings. The van der Waals surface area contributed by atoms with Crippen LogP contribution in [0, 0.1) is 11.7 Å². The molecule has 2 atom stereocenters. The van der Waals surface area contributed by atoms with Crippen LogP contribution in [-0.4, -0.2) is 28.4 Å². The maximum Gasteiger partial charge on any atom is 0.309 e. The molecule has 19 heavy (non-hydrogen) atoms. The summed E-state index contributed by atoms with van der Waals surface area (Å²) in [6.45, 7) is 2.23. The molecule has 1 aromatic carbocycles. The van der Waals surface area contributed by atoms with Crippen LogP contribution in [0.5, 0.6) is 0 Å². The van der Waals surface area contributed by atoms with Crippen LogP contribution in [0.4, 0.5) is 4.39 Å². The number of hydrogen-bond acceptors (Lipinski definition) is 2. The first-order chi connectivity index (χ1) is 8.95. The van der Waals surface area contributed by atoms with Crippen molar-refractivity contribution >= 4 is 27.8 Å². The fourth-order valence-corrected chi connectivity index (χ4v) is 3.10. The van der Waals surface area contributed by atoms with Crippen molar-refractivity contribution in [2.45, 2.75) is 19.4 Å². The molecular weight excluding hydrogens is 317 g/mol. The van der Waals surface area contributed by atoms with Gasteiger partial charge in [-0.1, -0.05) is 22.0 Å². The number of carboxylic acids is 1. The van der Waals surface area contributed by atoms with Gasteiger partial charge in [-0.3, -0.25) is 9.59 Å². The van der Waals surface area contributed by atoms with Crippen molar-refractivity contribution in [1.29, 1.82) is 0 Å². The maximum atomic E-state index is 13.1. The second kappa shape index (κ2) is 5.28. The van der Waals surface area contributed by atoms with Crippen LogP contribution in [0.15, 0.2) is 22.7 Å². The zero-order chi connectivity index (χ0) is 14.2. The average Bonchev–Trinajstić information content (AvgIpc) is 2.66. The standard InChI is InChI=1S/C13H13BrFNO3/c1-2-16-11(17)6-9(13(18)19)12(16)8-4-3-7(15)5-10(8)14/h3-5,9,12H,2,6H2,1H3,(H,18,19). The van der Waals surface area contributed by atoms with Crippen LogP contribution >= 0.6 is 15.9 Å². The highest BCUT2D eigenvalue weighted by molar-refractivity contribution is 9.10. The van der Waals surface area contributed by atoms with Gasteiger partial charge in [0.1, 0.15) is 5.82 Å². The highest BCUT2D eigenvalue weighted by Crippen LogP contribution is 2.41. The Labute approximate surface area is 118 Å². The summed E-state index contributed by atoms with van der Waals surface area (Å²) in [4.78, 5) is 24.7. The first kappa shape index (κ1) is 14.0. The first-order valence-electron chi connectivity index (χ1n) is 5.93. The topological polar surface area (TPSA) is 57.6 Å². The van der Waals surface area contributed by atoms with E-state index < -0.39 is 23.7 Å². The van der Waals surface area contributed by atoms with Gasteiger partial charge in [-0.25, -0.2) is 4.39 Å². The van der Waals surface area contributed by atoms with Crippen LogP contribution < -0.4 is 0 Å². The molecule has 2 rings (SSSR count). The van der Waals surface area contributed by atoms with Gasteiger partial charge in [-0.15, -0.1) is 0 Å². The number of halogens is 2. The number of amides is 1. The maximum absolute atomic E-state index is 13.1. The number of benzene rings is 1. The summed E-state index contributed by atoms with van der Waals surface area (Å²) in [6, 6.07) is 3.53. The third-order valence-corrected chi connectivity index (χ3v) is 4.06. The lowest BCUT2D eigenvalue weighted by Crippen LogP contribution is -2.30. The van der Waals surface area contributed by atoms with Gasteiger partial charge in [-0.2, -0.15) is 0 Å². The van der Waals surface area contributed by atoms with Gasteiger partial charge in [0.2, 0.25) is 5.91 Å². The van der Waals surface area contributed by atoms with Crippen LogP contribution in [0.3, 0.4) is 0 Å². The van der Waals surface area contributed by atoms with E-state index in [4.69, 9.17) is 0 Å². The quantitative estimate of drug-likeness (QED) is 0.927. The van der Waals surface area contributed by atoms with Gasteiger partial charge in [0, 0.05) is 17.4 Å². The molecular formula is C13H13BrFNO3. The monoisotopic (exact) mass is 329 g/mol. The number of aliphatic carboxylic acids is 1. The van der Waals surface area contributed by atoms with Crippen molar-refractivity contribution in [2.24, 2.45) is 5.92 Å². The number of carbonyl (C=O) groups excluding carboxylic acids is 1. The molecule has 1 saturated heterocycles. The van der Waals surface area contributed by atoms with Crippen LogP contribution in [0.1, 0.15) is 24.9 Å². The molecule has 2 unspecified atom stereocenters. The van der Waals surface area contributed by atoms with Gasteiger partial charge in [0.15, 0.2) is 0 Å². The molecule has 0 saturated carbocycles. The average molecular weight is 330 g/mol. The predicted octanol–water partition coefficient (Wildman–Crippen LogP) is 2.58. The lowest BCUT2D eigenvalue weighted by molar-refractivity contribution is -0.142. The zero-order valence-corrected chi connectivity index (χ0v) is 11.9. The van der Waals surface area contributed by atoms with E-state index in [-0.39, 0.29) is 12.3 Å². The van der Waals surface area contributed by atoms with Crippen LogP contribution in [0.25, 0.3) is 0 Å². The van der Waals surface area contributed by atoms with Crippen molar-refractivity contribution in [3.05, 3.63) is 34.1 Å². The minimum atomic E-state index is -1.01. The Morgan fingerprint density at radius 3 is 2.79 bits per heavy atom. The largest absolute Gasteiger partial charge is 0.481 e. The summed E-state index contributed by atoms with van der Waals surface area (Å²) in [5.41, 5.74) is 0.626. The number of carboxylic acid groups (broad SMARTS) is 1. The molecule has 1 amide bonds. The van der Waals surface area contributed by atoms with E-state index in [0.29, 0.717) is 16.6 Å². The molecule has 1 fully saturated rings. The van der Waals surface area contributed by atoms with Gasteiger partial charge < -0.3 is 10.0 Å². The van der Waals surface area contributed by atoms with Crippen LogP contribution in [-0.2, 0) is 9.59 Å². The van der Waals surface area contributed by atoms with Gasteiger partial charge in [-0.05, 0) is 24.6 Å². The van der Waals surface area contributed by atoms with E-state index in [0.717, 1.165) is 0 Å².